The van der Waals surface area contributed by atoms with Gasteiger partial charge in [0, 0.05) is 28.6 Å². The molecule has 1 saturated heterocycles. The fourth-order valence-corrected chi connectivity index (χ4v) is 3.37. The van der Waals surface area contributed by atoms with E-state index in [1.165, 1.54) is 30.8 Å². The molecule has 13 heavy (non-hydrogen) atoms. The fraction of sp³-hybridized carbons (Fsp3) is 0.667. The predicted octanol–water partition coefficient (Wildman–Crippen LogP) is 2.13. The van der Waals surface area contributed by atoms with Crippen molar-refractivity contribution >= 4 is 23.1 Å². The normalized spacial score (nSPS) is 23.2. The Bertz CT molecular complexity index is 230. The van der Waals surface area contributed by atoms with Gasteiger partial charge in [0.1, 0.15) is 0 Å². The number of thioether (sulfide) groups is 1. The highest BCUT2D eigenvalue weighted by molar-refractivity contribution is 7.99. The number of nitrogens with one attached hydrogen (secondary N) is 1. The summed E-state index contributed by atoms with van der Waals surface area (Å²) < 4.78 is 0. The molecule has 2 heterocycles. The summed E-state index contributed by atoms with van der Waals surface area (Å²) in [6.45, 7) is 2.39. The largest absolute Gasteiger partial charge is 0.316 e. The van der Waals surface area contributed by atoms with Crippen LogP contribution in [0, 0.1) is 0 Å². The molecule has 72 valence electrons. The summed E-state index contributed by atoms with van der Waals surface area (Å²) >= 11 is 3.82. The van der Waals surface area contributed by atoms with Crippen LogP contribution in [0.5, 0.6) is 0 Å². The van der Waals surface area contributed by atoms with Crippen molar-refractivity contribution < 1.29 is 0 Å². The van der Waals surface area contributed by atoms with Crippen LogP contribution in [-0.4, -0.2) is 23.3 Å². The van der Waals surface area contributed by atoms with E-state index in [0.29, 0.717) is 0 Å². The van der Waals surface area contributed by atoms with Gasteiger partial charge in [0.15, 0.2) is 0 Å². The van der Waals surface area contributed by atoms with Gasteiger partial charge in [-0.2, -0.15) is 11.8 Å². The SMILES string of the molecule is c1ncc(CS[C@H]2CCCNC2)s1. The van der Waals surface area contributed by atoms with Crippen LogP contribution in [0.1, 0.15) is 17.7 Å². The molecule has 0 aromatic carbocycles. The molecule has 1 aromatic rings. The minimum absolute atomic E-state index is 0.816. The zero-order valence-corrected chi connectivity index (χ0v) is 9.16. The van der Waals surface area contributed by atoms with Crippen molar-refractivity contribution in [2.75, 3.05) is 13.1 Å². The van der Waals surface area contributed by atoms with Crippen LogP contribution in [0.25, 0.3) is 0 Å². The highest BCUT2D eigenvalue weighted by Crippen LogP contribution is 2.23. The first-order chi connectivity index (χ1) is 6.45. The number of thiazole rings is 1. The average molecular weight is 214 g/mol. The quantitative estimate of drug-likeness (QED) is 0.834. The third kappa shape index (κ3) is 2.97. The highest BCUT2D eigenvalue weighted by atomic mass is 32.2. The molecule has 0 radical (unpaired) electrons. The Hall–Kier alpha value is -0.0600. The van der Waals surface area contributed by atoms with Crippen molar-refractivity contribution in [1.29, 1.82) is 0 Å². The lowest BCUT2D eigenvalue weighted by atomic mass is 10.2. The second-order valence-corrected chi connectivity index (χ2v) is 5.51. The summed E-state index contributed by atoms with van der Waals surface area (Å²) in [6, 6.07) is 0. The zero-order valence-electron chi connectivity index (χ0n) is 7.53. The van der Waals surface area contributed by atoms with Crippen LogP contribution in [0.3, 0.4) is 0 Å². The van der Waals surface area contributed by atoms with Crippen LogP contribution in [0.2, 0.25) is 0 Å². The van der Waals surface area contributed by atoms with E-state index in [2.05, 4.69) is 22.1 Å². The second-order valence-electron chi connectivity index (χ2n) is 3.25. The molecular formula is C9H14N2S2. The molecule has 1 atom stereocenters. The maximum atomic E-state index is 4.08. The first-order valence-corrected chi connectivity index (χ1v) is 6.57. The van der Waals surface area contributed by atoms with Crippen molar-refractivity contribution in [3.05, 3.63) is 16.6 Å². The number of piperidine rings is 1. The maximum Gasteiger partial charge on any atom is 0.0794 e. The standard InChI is InChI=1S/C9H14N2S2/c1-2-8(4-10-3-1)12-6-9-5-11-7-13-9/h5,7-8,10H,1-4,6H2/t8-/m0/s1. The van der Waals surface area contributed by atoms with Crippen LogP contribution in [0.15, 0.2) is 11.7 Å². The number of hydrogen-bond acceptors (Lipinski definition) is 4. The fourth-order valence-electron chi connectivity index (χ4n) is 1.48. The third-order valence-electron chi connectivity index (χ3n) is 2.20. The molecule has 1 fully saturated rings. The lowest BCUT2D eigenvalue weighted by molar-refractivity contribution is 0.531. The molecule has 1 N–H and O–H groups in total. The molecular weight excluding hydrogens is 200 g/mol. The summed E-state index contributed by atoms with van der Waals surface area (Å²) in [5.74, 6) is 1.14. The van der Waals surface area contributed by atoms with E-state index in [4.69, 9.17) is 0 Å². The van der Waals surface area contributed by atoms with Gasteiger partial charge in [-0.3, -0.25) is 4.98 Å². The lowest BCUT2D eigenvalue weighted by Gasteiger charge is -2.21. The first-order valence-electron chi connectivity index (χ1n) is 4.65. The molecule has 0 amide bonds. The molecule has 1 aliphatic heterocycles. The molecule has 0 bridgehead atoms. The Kier molecular flexibility index (Phi) is 3.64. The van der Waals surface area contributed by atoms with E-state index in [9.17, 15) is 0 Å². The minimum atomic E-state index is 0.816. The number of aromatic nitrogens is 1. The maximum absolute atomic E-state index is 4.08. The average Bonchev–Trinajstić information content (AvgIpc) is 2.69. The number of hydrogen-bond donors (Lipinski definition) is 1. The van der Waals surface area contributed by atoms with E-state index in [-0.39, 0.29) is 0 Å². The topological polar surface area (TPSA) is 24.9 Å². The Morgan fingerprint density at radius 3 is 3.38 bits per heavy atom. The van der Waals surface area contributed by atoms with Crippen molar-refractivity contribution in [2.24, 2.45) is 0 Å². The molecule has 0 unspecified atom stereocenters. The van der Waals surface area contributed by atoms with E-state index in [1.54, 1.807) is 11.3 Å². The monoisotopic (exact) mass is 214 g/mol. The van der Waals surface area contributed by atoms with Gasteiger partial charge in [-0.1, -0.05) is 0 Å². The number of nitrogens with zero attached hydrogens (tertiary/aromatic N) is 1. The molecule has 2 rings (SSSR count). The van der Waals surface area contributed by atoms with Crippen molar-refractivity contribution in [3.63, 3.8) is 0 Å². The minimum Gasteiger partial charge on any atom is -0.316 e. The lowest BCUT2D eigenvalue weighted by Crippen LogP contribution is -2.31. The summed E-state index contributed by atoms with van der Waals surface area (Å²) in [5.41, 5.74) is 1.91. The van der Waals surface area contributed by atoms with Gasteiger partial charge in [-0.25, -0.2) is 0 Å². The van der Waals surface area contributed by atoms with Gasteiger partial charge in [0.05, 0.1) is 5.51 Å². The van der Waals surface area contributed by atoms with Crippen molar-refractivity contribution in [2.45, 2.75) is 23.8 Å². The highest BCUT2D eigenvalue weighted by Gasteiger charge is 2.13. The van der Waals surface area contributed by atoms with Crippen LogP contribution >= 0.6 is 23.1 Å². The van der Waals surface area contributed by atoms with Crippen molar-refractivity contribution in [3.8, 4) is 0 Å². The smallest absolute Gasteiger partial charge is 0.0794 e. The first kappa shape index (κ1) is 9.49. The summed E-state index contributed by atoms with van der Waals surface area (Å²) in [6.07, 6.45) is 4.69. The van der Waals surface area contributed by atoms with E-state index in [0.717, 1.165) is 11.0 Å². The van der Waals surface area contributed by atoms with Crippen LogP contribution in [0.4, 0.5) is 0 Å². The van der Waals surface area contributed by atoms with Gasteiger partial charge in [-0.15, -0.1) is 11.3 Å². The van der Waals surface area contributed by atoms with E-state index >= 15 is 0 Å². The molecule has 0 saturated carbocycles. The van der Waals surface area contributed by atoms with Crippen molar-refractivity contribution in [1.82, 2.24) is 10.3 Å². The molecule has 4 heteroatoms. The van der Waals surface area contributed by atoms with Gasteiger partial charge in [0.25, 0.3) is 0 Å². The Labute approximate surface area is 87.1 Å². The summed E-state index contributed by atoms with van der Waals surface area (Å²) in [4.78, 5) is 5.47. The molecule has 0 spiro atoms. The summed E-state index contributed by atoms with van der Waals surface area (Å²) in [5, 5.41) is 4.25. The van der Waals surface area contributed by atoms with Gasteiger partial charge >= 0.3 is 0 Å². The van der Waals surface area contributed by atoms with Gasteiger partial charge in [0.2, 0.25) is 0 Å². The van der Waals surface area contributed by atoms with E-state index in [1.807, 2.05) is 11.7 Å². The molecule has 0 aliphatic carbocycles. The molecule has 2 nitrogen and oxygen atoms in total. The Morgan fingerprint density at radius 1 is 1.69 bits per heavy atom. The van der Waals surface area contributed by atoms with Gasteiger partial charge in [-0.05, 0) is 19.4 Å². The Morgan fingerprint density at radius 2 is 2.69 bits per heavy atom. The van der Waals surface area contributed by atoms with Crippen LogP contribution in [-0.2, 0) is 5.75 Å². The van der Waals surface area contributed by atoms with Crippen LogP contribution < -0.4 is 5.32 Å². The van der Waals surface area contributed by atoms with E-state index < -0.39 is 0 Å². The zero-order chi connectivity index (χ0) is 8.93. The van der Waals surface area contributed by atoms with Gasteiger partial charge < -0.3 is 5.32 Å². The summed E-state index contributed by atoms with van der Waals surface area (Å²) in [7, 11) is 0. The second kappa shape index (κ2) is 4.98. The third-order valence-corrected chi connectivity index (χ3v) is 4.51. The molecule has 1 aromatic heterocycles. The Balaban J connectivity index is 1.72. The predicted molar refractivity (Wildman–Crippen MR) is 59.3 cm³/mol. The number of rotatable bonds is 3. The molecule has 1 aliphatic rings.